The molecule has 0 aromatic heterocycles. The first kappa shape index (κ1) is 14.5. The summed E-state index contributed by atoms with van der Waals surface area (Å²) >= 11 is 0. The summed E-state index contributed by atoms with van der Waals surface area (Å²) in [5, 5.41) is 13.1. The van der Waals surface area contributed by atoms with Crippen molar-refractivity contribution in [3.05, 3.63) is 34.9 Å². The zero-order chi connectivity index (χ0) is 13.7. The predicted molar refractivity (Wildman–Crippen MR) is 80.3 cm³/mol. The maximum atomic E-state index is 9.56. The lowest BCUT2D eigenvalue weighted by Crippen LogP contribution is -2.36. The van der Waals surface area contributed by atoms with Gasteiger partial charge >= 0.3 is 0 Å². The average molecular weight is 261 g/mol. The van der Waals surface area contributed by atoms with Crippen LogP contribution in [0.5, 0.6) is 0 Å². The van der Waals surface area contributed by atoms with E-state index in [1.807, 2.05) is 0 Å². The second-order valence-corrected chi connectivity index (χ2v) is 5.93. The Balaban J connectivity index is 1.89. The average Bonchev–Trinajstić information content (AvgIpc) is 2.92. The van der Waals surface area contributed by atoms with Crippen LogP contribution >= 0.6 is 0 Å². The fourth-order valence-corrected chi connectivity index (χ4v) is 2.99. The molecule has 0 saturated heterocycles. The summed E-state index contributed by atoms with van der Waals surface area (Å²) in [6.07, 6.45) is 5.86. The highest BCUT2D eigenvalue weighted by molar-refractivity contribution is 5.35. The van der Waals surface area contributed by atoms with Gasteiger partial charge in [0.15, 0.2) is 0 Å². The second kappa shape index (κ2) is 6.53. The van der Waals surface area contributed by atoms with Crippen molar-refractivity contribution >= 4 is 0 Å². The smallest absolute Gasteiger partial charge is 0.0499 e. The fraction of sp³-hybridized carbons (Fsp3) is 0.647. The molecule has 0 saturated carbocycles. The van der Waals surface area contributed by atoms with E-state index < -0.39 is 0 Å². The number of nitrogens with one attached hydrogen (secondary N) is 1. The Morgan fingerprint density at radius 2 is 1.89 bits per heavy atom. The Bertz CT molecular complexity index is 401. The molecule has 2 heteroatoms. The van der Waals surface area contributed by atoms with E-state index >= 15 is 0 Å². The fourth-order valence-electron chi connectivity index (χ4n) is 2.99. The lowest BCUT2D eigenvalue weighted by molar-refractivity contribution is 0.113. The van der Waals surface area contributed by atoms with Crippen molar-refractivity contribution in [3.8, 4) is 0 Å². The molecule has 2 N–H and O–H groups in total. The minimum Gasteiger partial charge on any atom is -0.396 e. The van der Waals surface area contributed by atoms with E-state index in [9.17, 15) is 5.11 Å². The van der Waals surface area contributed by atoms with Gasteiger partial charge in [-0.1, -0.05) is 32.0 Å². The summed E-state index contributed by atoms with van der Waals surface area (Å²) in [4.78, 5) is 0. The van der Waals surface area contributed by atoms with Gasteiger partial charge in [-0.05, 0) is 48.8 Å². The molecule has 2 rings (SSSR count). The van der Waals surface area contributed by atoms with E-state index in [4.69, 9.17) is 0 Å². The Morgan fingerprint density at radius 3 is 2.58 bits per heavy atom. The molecule has 0 radical (unpaired) electrons. The molecule has 1 aliphatic carbocycles. The van der Waals surface area contributed by atoms with Gasteiger partial charge < -0.3 is 10.4 Å². The molecule has 19 heavy (non-hydrogen) atoms. The van der Waals surface area contributed by atoms with Crippen molar-refractivity contribution in [1.29, 1.82) is 0 Å². The van der Waals surface area contributed by atoms with Crippen LogP contribution in [0.4, 0.5) is 0 Å². The highest BCUT2D eigenvalue weighted by atomic mass is 16.3. The topological polar surface area (TPSA) is 32.3 Å². The largest absolute Gasteiger partial charge is 0.396 e. The molecule has 0 bridgehead atoms. The molecule has 0 amide bonds. The number of benzene rings is 1. The van der Waals surface area contributed by atoms with Crippen LogP contribution in [0.3, 0.4) is 0 Å². The van der Waals surface area contributed by atoms with Crippen LogP contribution in [0.25, 0.3) is 0 Å². The number of hydrogen-bond acceptors (Lipinski definition) is 2. The second-order valence-electron chi connectivity index (χ2n) is 5.93. The van der Waals surface area contributed by atoms with Gasteiger partial charge in [0, 0.05) is 25.1 Å². The Hall–Kier alpha value is -0.860. The van der Waals surface area contributed by atoms with E-state index in [0.29, 0.717) is 0 Å². The first-order valence-electron chi connectivity index (χ1n) is 7.65. The normalized spacial score (nSPS) is 14.7. The molecule has 0 heterocycles. The molecule has 106 valence electrons. The Kier molecular flexibility index (Phi) is 5.00. The summed E-state index contributed by atoms with van der Waals surface area (Å²) in [6, 6.07) is 6.89. The summed E-state index contributed by atoms with van der Waals surface area (Å²) < 4.78 is 0. The predicted octanol–water partition coefficient (Wildman–Crippen LogP) is 3.06. The number of rotatable bonds is 7. The molecule has 0 unspecified atom stereocenters. The molecule has 0 fully saturated rings. The van der Waals surface area contributed by atoms with E-state index in [1.165, 1.54) is 30.4 Å². The number of aryl methyl sites for hydroxylation is 2. The molecular weight excluding hydrogens is 234 g/mol. The summed E-state index contributed by atoms with van der Waals surface area (Å²) in [5.41, 5.74) is 4.51. The highest BCUT2D eigenvalue weighted by Gasteiger charge is 2.24. The van der Waals surface area contributed by atoms with Crippen LogP contribution in [0.15, 0.2) is 18.2 Å². The minimum absolute atomic E-state index is 0.0523. The maximum Gasteiger partial charge on any atom is 0.0499 e. The third-order valence-electron chi connectivity index (χ3n) is 4.83. The third kappa shape index (κ3) is 3.37. The van der Waals surface area contributed by atoms with Crippen molar-refractivity contribution < 1.29 is 5.11 Å². The first-order chi connectivity index (χ1) is 9.23. The van der Waals surface area contributed by atoms with Gasteiger partial charge in [-0.15, -0.1) is 0 Å². The molecule has 0 aliphatic heterocycles. The number of aliphatic hydroxyl groups excluding tert-OH is 1. The van der Waals surface area contributed by atoms with Crippen molar-refractivity contribution in [2.24, 2.45) is 5.41 Å². The molecule has 1 aliphatic rings. The molecule has 2 nitrogen and oxygen atoms in total. The van der Waals surface area contributed by atoms with Gasteiger partial charge in [0.1, 0.15) is 0 Å². The Labute approximate surface area is 117 Å². The van der Waals surface area contributed by atoms with Gasteiger partial charge in [0.2, 0.25) is 0 Å². The summed E-state index contributed by atoms with van der Waals surface area (Å²) in [6.45, 7) is 6.41. The summed E-state index contributed by atoms with van der Waals surface area (Å²) in [7, 11) is 0. The molecule has 1 aromatic carbocycles. The van der Waals surface area contributed by atoms with Gasteiger partial charge in [0.05, 0.1) is 0 Å². The first-order valence-corrected chi connectivity index (χ1v) is 7.65. The van der Waals surface area contributed by atoms with Crippen molar-refractivity contribution in [2.75, 3.05) is 13.2 Å². The van der Waals surface area contributed by atoms with Crippen molar-refractivity contribution in [1.82, 2.24) is 5.32 Å². The van der Waals surface area contributed by atoms with Gasteiger partial charge in [-0.2, -0.15) is 0 Å². The van der Waals surface area contributed by atoms with Crippen molar-refractivity contribution in [2.45, 2.75) is 52.5 Å². The lowest BCUT2D eigenvalue weighted by atomic mass is 9.83. The van der Waals surface area contributed by atoms with Gasteiger partial charge in [-0.25, -0.2) is 0 Å². The van der Waals surface area contributed by atoms with E-state index in [1.54, 1.807) is 5.56 Å². The van der Waals surface area contributed by atoms with Crippen LogP contribution < -0.4 is 5.32 Å². The van der Waals surface area contributed by atoms with E-state index in [0.717, 1.165) is 25.9 Å². The van der Waals surface area contributed by atoms with Crippen LogP contribution in [0, 0.1) is 5.41 Å². The molecular formula is C17H27NO. The van der Waals surface area contributed by atoms with Crippen molar-refractivity contribution in [3.63, 3.8) is 0 Å². The minimum atomic E-state index is 0.0523. The monoisotopic (exact) mass is 261 g/mol. The zero-order valence-corrected chi connectivity index (χ0v) is 12.3. The number of hydrogen-bond donors (Lipinski definition) is 2. The van der Waals surface area contributed by atoms with Crippen LogP contribution in [0.2, 0.25) is 0 Å². The van der Waals surface area contributed by atoms with Crippen LogP contribution in [-0.4, -0.2) is 18.3 Å². The maximum absolute atomic E-state index is 9.56. The number of aliphatic hydroxyl groups is 1. The molecule has 1 aromatic rings. The SMILES string of the molecule is CCC(CC)(CO)CNCc1ccc2c(c1)CCC2. The Morgan fingerprint density at radius 1 is 1.16 bits per heavy atom. The highest BCUT2D eigenvalue weighted by Crippen LogP contribution is 2.25. The van der Waals surface area contributed by atoms with Crippen LogP contribution in [-0.2, 0) is 19.4 Å². The standard InChI is InChI=1S/C17H27NO/c1-3-17(4-2,13-19)12-18-11-14-8-9-15-6-5-7-16(15)10-14/h8-10,18-19H,3-7,11-13H2,1-2H3. The summed E-state index contributed by atoms with van der Waals surface area (Å²) in [5.74, 6) is 0. The lowest BCUT2D eigenvalue weighted by Gasteiger charge is -2.29. The van der Waals surface area contributed by atoms with E-state index in [-0.39, 0.29) is 12.0 Å². The van der Waals surface area contributed by atoms with Crippen LogP contribution in [0.1, 0.15) is 49.8 Å². The zero-order valence-electron chi connectivity index (χ0n) is 12.3. The molecule has 0 atom stereocenters. The van der Waals surface area contributed by atoms with Gasteiger partial charge in [0.25, 0.3) is 0 Å². The van der Waals surface area contributed by atoms with E-state index in [2.05, 4.69) is 37.4 Å². The number of fused-ring (bicyclic) bond motifs is 1. The van der Waals surface area contributed by atoms with Gasteiger partial charge in [-0.3, -0.25) is 0 Å². The quantitative estimate of drug-likeness (QED) is 0.790. The third-order valence-corrected chi connectivity index (χ3v) is 4.83. The molecule has 0 spiro atoms.